The van der Waals surface area contributed by atoms with Crippen LogP contribution in [0.1, 0.15) is 10.4 Å². The Morgan fingerprint density at radius 2 is 1.90 bits per heavy atom. The van der Waals surface area contributed by atoms with Crippen molar-refractivity contribution < 1.29 is 9.90 Å². The third-order valence-electron chi connectivity index (χ3n) is 2.85. The lowest BCUT2D eigenvalue weighted by Gasteiger charge is -2.04. The van der Waals surface area contributed by atoms with Crippen molar-refractivity contribution in [2.75, 3.05) is 0 Å². The monoisotopic (exact) mass is 360 g/mol. The van der Waals surface area contributed by atoms with Crippen LogP contribution in [0.3, 0.4) is 0 Å². The van der Waals surface area contributed by atoms with Crippen LogP contribution in [0.5, 0.6) is 0 Å². The molecule has 2 heterocycles. The second-order valence-electron chi connectivity index (χ2n) is 4.24. The lowest BCUT2D eigenvalue weighted by Crippen LogP contribution is -1.98. The number of carbonyl (C=O) groups is 1. The molecule has 2 aromatic heterocycles. The molecule has 0 fully saturated rings. The van der Waals surface area contributed by atoms with Gasteiger partial charge in [-0.2, -0.15) is 0 Å². The average molecular weight is 361 g/mol. The first kappa shape index (κ1) is 14.0. The van der Waals surface area contributed by atoms with Gasteiger partial charge in [0.05, 0.1) is 11.1 Å². The number of nitrogens with zero attached hydrogens (tertiary/aromatic N) is 2. The van der Waals surface area contributed by atoms with Gasteiger partial charge in [-0.15, -0.1) is 0 Å². The van der Waals surface area contributed by atoms with E-state index in [1.165, 1.54) is 11.8 Å². The van der Waals surface area contributed by atoms with Gasteiger partial charge in [-0.05, 0) is 52.3 Å². The summed E-state index contributed by atoms with van der Waals surface area (Å²) in [5, 5.41) is 11.4. The van der Waals surface area contributed by atoms with Gasteiger partial charge in [0.1, 0.15) is 10.1 Å². The summed E-state index contributed by atoms with van der Waals surface area (Å²) < 4.78 is 0.921. The average Bonchev–Trinajstić information content (AvgIpc) is 2.48. The number of pyridine rings is 2. The van der Waals surface area contributed by atoms with Gasteiger partial charge in [0.2, 0.25) is 0 Å². The van der Waals surface area contributed by atoms with Crippen molar-refractivity contribution in [2.24, 2.45) is 0 Å². The zero-order valence-corrected chi connectivity index (χ0v) is 13.1. The van der Waals surface area contributed by atoms with Gasteiger partial charge >= 0.3 is 5.97 Å². The number of carboxylic acid groups (broad SMARTS) is 1. The number of aromatic carboxylic acids is 1. The predicted octanol–water partition coefficient (Wildman–Crippen LogP) is 4.24. The molecule has 104 valence electrons. The molecule has 3 rings (SSSR count). The molecule has 6 heteroatoms. The maximum atomic E-state index is 11.2. The standard InChI is InChI=1S/C15H9BrN2O2S/c16-9-4-6-13(17-8-9)21-14-7-5-10-11(15(19)20)2-1-3-12(10)18-14/h1-8H,(H,19,20). The number of carboxylic acids is 1. The molecule has 0 bridgehead atoms. The van der Waals surface area contributed by atoms with Crippen molar-refractivity contribution >= 4 is 44.6 Å². The Balaban J connectivity index is 1.98. The summed E-state index contributed by atoms with van der Waals surface area (Å²) in [6, 6.07) is 12.5. The van der Waals surface area contributed by atoms with E-state index in [2.05, 4.69) is 25.9 Å². The van der Waals surface area contributed by atoms with Crippen molar-refractivity contribution in [1.82, 2.24) is 9.97 Å². The Morgan fingerprint density at radius 1 is 1.10 bits per heavy atom. The van der Waals surface area contributed by atoms with E-state index in [4.69, 9.17) is 5.11 Å². The van der Waals surface area contributed by atoms with Crippen molar-refractivity contribution in [2.45, 2.75) is 10.1 Å². The lowest BCUT2D eigenvalue weighted by atomic mass is 10.1. The highest BCUT2D eigenvalue weighted by atomic mass is 79.9. The SMILES string of the molecule is O=C(O)c1cccc2nc(Sc3ccc(Br)cn3)ccc12. The van der Waals surface area contributed by atoms with E-state index in [1.54, 1.807) is 30.5 Å². The minimum atomic E-state index is -0.947. The predicted molar refractivity (Wildman–Crippen MR) is 84.8 cm³/mol. The maximum Gasteiger partial charge on any atom is 0.336 e. The van der Waals surface area contributed by atoms with Gasteiger partial charge in [0.15, 0.2) is 0 Å². The fourth-order valence-electron chi connectivity index (χ4n) is 1.91. The molecule has 4 nitrogen and oxygen atoms in total. The highest BCUT2D eigenvalue weighted by molar-refractivity contribution is 9.10. The van der Waals surface area contributed by atoms with Crippen LogP contribution in [0.15, 0.2) is 63.2 Å². The fraction of sp³-hybridized carbons (Fsp3) is 0. The molecule has 3 aromatic rings. The molecule has 0 aliphatic heterocycles. The van der Waals surface area contributed by atoms with E-state index in [1.807, 2.05) is 18.2 Å². The van der Waals surface area contributed by atoms with Crippen LogP contribution in [0.4, 0.5) is 0 Å². The second kappa shape index (κ2) is 5.83. The highest BCUT2D eigenvalue weighted by Crippen LogP contribution is 2.27. The fourth-order valence-corrected chi connectivity index (χ4v) is 2.88. The number of rotatable bonds is 3. The molecular weight excluding hydrogens is 352 g/mol. The summed E-state index contributed by atoms with van der Waals surface area (Å²) in [5.74, 6) is -0.947. The van der Waals surface area contributed by atoms with Crippen molar-refractivity contribution in [1.29, 1.82) is 0 Å². The van der Waals surface area contributed by atoms with Crippen LogP contribution in [0, 0.1) is 0 Å². The molecule has 1 aromatic carbocycles. The Morgan fingerprint density at radius 3 is 2.62 bits per heavy atom. The second-order valence-corrected chi connectivity index (χ2v) is 6.20. The summed E-state index contributed by atoms with van der Waals surface area (Å²) in [6.07, 6.45) is 1.73. The zero-order chi connectivity index (χ0) is 14.8. The van der Waals surface area contributed by atoms with Gasteiger partial charge in [-0.3, -0.25) is 0 Å². The first-order valence-corrected chi connectivity index (χ1v) is 7.67. The maximum absolute atomic E-state index is 11.2. The minimum absolute atomic E-state index is 0.262. The van der Waals surface area contributed by atoms with Crippen LogP contribution >= 0.6 is 27.7 Å². The smallest absolute Gasteiger partial charge is 0.336 e. The van der Waals surface area contributed by atoms with Crippen LogP contribution in [-0.2, 0) is 0 Å². The van der Waals surface area contributed by atoms with Gasteiger partial charge < -0.3 is 5.11 Å². The Labute approximate surface area is 133 Å². The largest absolute Gasteiger partial charge is 0.478 e. The molecular formula is C15H9BrN2O2S. The molecule has 0 unspecified atom stereocenters. The summed E-state index contributed by atoms with van der Waals surface area (Å²) in [6.45, 7) is 0. The van der Waals surface area contributed by atoms with E-state index < -0.39 is 5.97 Å². The summed E-state index contributed by atoms with van der Waals surface area (Å²) in [4.78, 5) is 19.9. The van der Waals surface area contributed by atoms with Crippen molar-refractivity contribution in [3.8, 4) is 0 Å². The van der Waals surface area contributed by atoms with E-state index in [9.17, 15) is 4.79 Å². The zero-order valence-electron chi connectivity index (χ0n) is 10.7. The first-order valence-electron chi connectivity index (χ1n) is 6.06. The third kappa shape index (κ3) is 3.06. The molecule has 0 spiro atoms. The van der Waals surface area contributed by atoms with E-state index in [0.717, 1.165) is 14.5 Å². The molecule has 21 heavy (non-hydrogen) atoms. The molecule has 0 amide bonds. The van der Waals surface area contributed by atoms with E-state index in [0.29, 0.717) is 10.9 Å². The van der Waals surface area contributed by atoms with Gasteiger partial charge in [-0.25, -0.2) is 14.8 Å². The van der Waals surface area contributed by atoms with Gasteiger partial charge in [0.25, 0.3) is 0 Å². The highest BCUT2D eigenvalue weighted by Gasteiger charge is 2.09. The molecule has 0 atom stereocenters. The van der Waals surface area contributed by atoms with Gasteiger partial charge in [0, 0.05) is 16.1 Å². The first-order chi connectivity index (χ1) is 10.1. The molecule has 0 saturated heterocycles. The molecule has 0 radical (unpaired) electrons. The lowest BCUT2D eigenvalue weighted by molar-refractivity contribution is 0.0699. The number of benzene rings is 1. The Bertz CT molecular complexity index is 822. The molecule has 0 aliphatic rings. The van der Waals surface area contributed by atoms with Gasteiger partial charge in [-0.1, -0.05) is 17.8 Å². The van der Waals surface area contributed by atoms with Crippen LogP contribution < -0.4 is 0 Å². The number of halogens is 1. The Kier molecular flexibility index (Phi) is 3.90. The van der Waals surface area contributed by atoms with Crippen LogP contribution in [0.2, 0.25) is 0 Å². The summed E-state index contributed by atoms with van der Waals surface area (Å²) in [5.41, 5.74) is 0.926. The number of hydrogen-bond donors (Lipinski definition) is 1. The molecule has 0 aliphatic carbocycles. The molecule has 1 N–H and O–H groups in total. The topological polar surface area (TPSA) is 63.1 Å². The van der Waals surface area contributed by atoms with Crippen molar-refractivity contribution in [3.63, 3.8) is 0 Å². The van der Waals surface area contributed by atoms with Crippen LogP contribution in [0.25, 0.3) is 10.9 Å². The van der Waals surface area contributed by atoms with Crippen LogP contribution in [-0.4, -0.2) is 21.0 Å². The van der Waals surface area contributed by atoms with Crippen molar-refractivity contribution in [3.05, 3.63) is 58.7 Å². The molecule has 0 saturated carbocycles. The summed E-state index contributed by atoms with van der Waals surface area (Å²) in [7, 11) is 0. The normalized spacial score (nSPS) is 10.7. The van der Waals surface area contributed by atoms with E-state index >= 15 is 0 Å². The van der Waals surface area contributed by atoms with E-state index in [-0.39, 0.29) is 5.56 Å². The number of fused-ring (bicyclic) bond motifs is 1. The quantitative estimate of drug-likeness (QED) is 0.756. The number of hydrogen-bond acceptors (Lipinski definition) is 4. The Hall–Kier alpha value is -1.92. The third-order valence-corrected chi connectivity index (χ3v) is 4.20. The minimum Gasteiger partial charge on any atom is -0.478 e. The summed E-state index contributed by atoms with van der Waals surface area (Å²) >= 11 is 4.78. The number of aromatic nitrogens is 2.